The van der Waals surface area contributed by atoms with Crippen molar-refractivity contribution in [3.8, 4) is 5.75 Å². The minimum Gasteiger partial charge on any atom is -0.495 e. The summed E-state index contributed by atoms with van der Waals surface area (Å²) in [6.45, 7) is 2.07. The van der Waals surface area contributed by atoms with Crippen molar-refractivity contribution in [1.82, 2.24) is 0 Å². The Labute approximate surface area is 172 Å². The van der Waals surface area contributed by atoms with Crippen LogP contribution in [-0.4, -0.2) is 13.0 Å². The van der Waals surface area contributed by atoms with Crippen LogP contribution in [0.3, 0.4) is 0 Å². The molecular weight excluding hydrogens is 549 g/mol. The number of amides is 1. The summed E-state index contributed by atoms with van der Waals surface area (Å²) in [7, 11) is 1.60. The summed E-state index contributed by atoms with van der Waals surface area (Å²) < 4.78 is 8.26. The maximum atomic E-state index is 12.2. The number of ether oxygens (including phenoxy) is 1. The van der Waals surface area contributed by atoms with Gasteiger partial charge in [-0.3, -0.25) is 4.79 Å². The summed E-state index contributed by atoms with van der Waals surface area (Å²) in [6.07, 6.45) is 4.11. The fraction of sp³-hybridized carbons (Fsp3) is 0.167. The van der Waals surface area contributed by atoms with Crippen LogP contribution in [0.4, 0.5) is 5.69 Å². The molecule has 3 nitrogen and oxygen atoms in total. The predicted molar refractivity (Wildman–Crippen MR) is 115 cm³/mol. The standard InChI is InChI=1S/C18H16Br2INO2/c1-3-11-9-14(21)5-6-16(11)22-17(23)7-4-12-8-13(19)10-15(20)18(12)24-2/h4-10H,3H2,1-2H3,(H,22,23). The van der Waals surface area contributed by atoms with Crippen molar-refractivity contribution in [3.05, 3.63) is 60.1 Å². The molecule has 0 saturated heterocycles. The number of benzene rings is 2. The molecule has 126 valence electrons. The van der Waals surface area contributed by atoms with Crippen molar-refractivity contribution < 1.29 is 9.53 Å². The molecule has 0 radical (unpaired) electrons. The average molecular weight is 565 g/mol. The summed E-state index contributed by atoms with van der Waals surface area (Å²) >= 11 is 9.16. The molecule has 0 bridgehead atoms. The van der Waals surface area contributed by atoms with E-state index in [9.17, 15) is 4.79 Å². The fourth-order valence-electron chi connectivity index (χ4n) is 2.24. The van der Waals surface area contributed by atoms with Gasteiger partial charge in [-0.25, -0.2) is 0 Å². The van der Waals surface area contributed by atoms with Crippen LogP contribution in [0.15, 0.2) is 45.4 Å². The number of rotatable bonds is 5. The van der Waals surface area contributed by atoms with E-state index < -0.39 is 0 Å². The first-order valence-electron chi connectivity index (χ1n) is 7.25. The van der Waals surface area contributed by atoms with E-state index in [0.717, 1.165) is 35.8 Å². The number of hydrogen-bond acceptors (Lipinski definition) is 2. The zero-order valence-electron chi connectivity index (χ0n) is 13.2. The molecule has 0 saturated carbocycles. The van der Waals surface area contributed by atoms with Gasteiger partial charge in [0.15, 0.2) is 0 Å². The van der Waals surface area contributed by atoms with Gasteiger partial charge in [-0.2, -0.15) is 0 Å². The van der Waals surface area contributed by atoms with Gasteiger partial charge in [0.1, 0.15) is 5.75 Å². The smallest absolute Gasteiger partial charge is 0.248 e. The molecule has 2 aromatic rings. The summed E-state index contributed by atoms with van der Waals surface area (Å²) in [5.41, 5.74) is 2.77. The molecule has 1 amide bonds. The van der Waals surface area contributed by atoms with Crippen LogP contribution in [0.1, 0.15) is 18.1 Å². The second-order valence-electron chi connectivity index (χ2n) is 4.99. The Morgan fingerprint density at radius 1 is 1.29 bits per heavy atom. The maximum Gasteiger partial charge on any atom is 0.248 e. The van der Waals surface area contributed by atoms with Crippen molar-refractivity contribution in [1.29, 1.82) is 0 Å². The van der Waals surface area contributed by atoms with Crippen LogP contribution in [0.2, 0.25) is 0 Å². The van der Waals surface area contributed by atoms with Crippen LogP contribution in [-0.2, 0) is 11.2 Å². The molecule has 0 aliphatic carbocycles. The Morgan fingerprint density at radius 3 is 2.71 bits per heavy atom. The summed E-state index contributed by atoms with van der Waals surface area (Å²) in [4.78, 5) is 12.2. The van der Waals surface area contributed by atoms with E-state index in [1.807, 2.05) is 24.3 Å². The third-order valence-corrected chi connectivity index (χ3v) is 5.08. The van der Waals surface area contributed by atoms with Gasteiger partial charge < -0.3 is 10.1 Å². The third kappa shape index (κ3) is 5.07. The Bertz CT molecular complexity index is 791. The number of aryl methyl sites for hydroxylation is 1. The molecule has 0 aromatic heterocycles. The van der Waals surface area contributed by atoms with Gasteiger partial charge in [0.2, 0.25) is 5.91 Å². The SMILES string of the molecule is CCc1cc(I)ccc1NC(=O)C=Cc1cc(Br)cc(Br)c1OC. The van der Waals surface area contributed by atoms with E-state index in [1.165, 1.54) is 6.08 Å². The Kier molecular flexibility index (Phi) is 7.31. The largest absolute Gasteiger partial charge is 0.495 e. The number of carbonyl (C=O) groups excluding carboxylic acids is 1. The molecule has 2 aromatic carbocycles. The number of anilines is 1. The lowest BCUT2D eigenvalue weighted by Gasteiger charge is -2.10. The van der Waals surface area contributed by atoms with Crippen LogP contribution < -0.4 is 10.1 Å². The van der Waals surface area contributed by atoms with Crippen LogP contribution in [0.25, 0.3) is 6.08 Å². The minimum absolute atomic E-state index is 0.177. The Morgan fingerprint density at radius 2 is 2.04 bits per heavy atom. The van der Waals surface area contributed by atoms with Crippen molar-refractivity contribution in [2.45, 2.75) is 13.3 Å². The molecule has 0 atom stereocenters. The van der Waals surface area contributed by atoms with E-state index in [1.54, 1.807) is 13.2 Å². The van der Waals surface area contributed by atoms with E-state index in [2.05, 4.69) is 72.8 Å². The lowest BCUT2D eigenvalue weighted by Crippen LogP contribution is -2.09. The van der Waals surface area contributed by atoms with E-state index in [-0.39, 0.29) is 5.91 Å². The van der Waals surface area contributed by atoms with E-state index in [4.69, 9.17) is 4.74 Å². The van der Waals surface area contributed by atoms with Crippen molar-refractivity contribution >= 4 is 72.1 Å². The quantitative estimate of drug-likeness (QED) is 0.355. The second kappa shape index (κ2) is 9.01. The summed E-state index contributed by atoms with van der Waals surface area (Å²) in [6, 6.07) is 9.79. The zero-order valence-corrected chi connectivity index (χ0v) is 18.5. The summed E-state index contributed by atoms with van der Waals surface area (Å²) in [5, 5.41) is 2.93. The number of hydrogen-bond donors (Lipinski definition) is 1. The molecule has 0 aliphatic rings. The lowest BCUT2D eigenvalue weighted by molar-refractivity contribution is -0.111. The number of halogens is 3. The number of nitrogens with one attached hydrogen (secondary N) is 1. The van der Waals surface area contributed by atoms with Gasteiger partial charge in [0.05, 0.1) is 11.6 Å². The van der Waals surface area contributed by atoms with Gasteiger partial charge in [0, 0.05) is 25.4 Å². The molecule has 0 aliphatic heterocycles. The van der Waals surface area contributed by atoms with E-state index in [0.29, 0.717) is 5.75 Å². The molecule has 0 unspecified atom stereocenters. The lowest BCUT2D eigenvalue weighted by atomic mass is 10.1. The molecule has 1 N–H and O–H groups in total. The Balaban J connectivity index is 2.20. The van der Waals surface area contributed by atoms with Gasteiger partial charge in [0.25, 0.3) is 0 Å². The minimum atomic E-state index is -0.177. The highest BCUT2D eigenvalue weighted by atomic mass is 127. The predicted octanol–water partition coefficient (Wildman–Crippen LogP) is 6.04. The van der Waals surface area contributed by atoms with Crippen molar-refractivity contribution in [3.63, 3.8) is 0 Å². The highest BCUT2D eigenvalue weighted by Gasteiger charge is 2.08. The average Bonchev–Trinajstić information content (AvgIpc) is 2.54. The van der Waals surface area contributed by atoms with Gasteiger partial charge >= 0.3 is 0 Å². The first kappa shape index (κ1) is 19.5. The van der Waals surface area contributed by atoms with Crippen molar-refractivity contribution in [2.24, 2.45) is 0 Å². The molecular formula is C18H16Br2INO2. The molecule has 6 heteroatoms. The first-order chi connectivity index (χ1) is 11.4. The molecule has 0 spiro atoms. The first-order valence-corrected chi connectivity index (χ1v) is 9.91. The summed E-state index contributed by atoms with van der Waals surface area (Å²) in [5.74, 6) is 0.509. The monoisotopic (exact) mass is 563 g/mol. The highest BCUT2D eigenvalue weighted by molar-refractivity contribution is 14.1. The topological polar surface area (TPSA) is 38.3 Å². The van der Waals surface area contributed by atoms with Crippen molar-refractivity contribution in [2.75, 3.05) is 12.4 Å². The van der Waals surface area contributed by atoms with Gasteiger partial charge in [-0.15, -0.1) is 0 Å². The second-order valence-corrected chi connectivity index (χ2v) is 8.00. The van der Waals surface area contributed by atoms with Crippen LogP contribution in [0.5, 0.6) is 5.75 Å². The molecule has 0 fully saturated rings. The highest BCUT2D eigenvalue weighted by Crippen LogP contribution is 2.33. The van der Waals surface area contributed by atoms with Gasteiger partial charge in [-0.1, -0.05) is 22.9 Å². The molecule has 24 heavy (non-hydrogen) atoms. The van der Waals surface area contributed by atoms with Gasteiger partial charge in [-0.05, 0) is 86.9 Å². The van der Waals surface area contributed by atoms with Crippen LogP contribution >= 0.6 is 54.5 Å². The molecule has 2 rings (SSSR count). The number of methoxy groups -OCH3 is 1. The number of carbonyl (C=O) groups is 1. The zero-order chi connectivity index (χ0) is 17.7. The normalized spacial score (nSPS) is 10.9. The van der Waals surface area contributed by atoms with E-state index >= 15 is 0 Å². The van der Waals surface area contributed by atoms with Crippen LogP contribution in [0, 0.1) is 3.57 Å². The third-order valence-electron chi connectivity index (χ3n) is 3.36. The fourth-order valence-corrected chi connectivity index (χ4v) is 4.21. The molecule has 0 heterocycles. The Hall–Kier alpha value is -0.860. The maximum absolute atomic E-state index is 12.2.